The summed E-state index contributed by atoms with van der Waals surface area (Å²) in [7, 11) is 0. The van der Waals surface area contributed by atoms with E-state index in [1.165, 1.54) is 6.08 Å². The maximum atomic E-state index is 11.3. The molecule has 5 N–H and O–H groups in total. The second kappa shape index (κ2) is 6.55. The lowest BCUT2D eigenvalue weighted by Gasteiger charge is -2.18. The lowest BCUT2D eigenvalue weighted by atomic mass is 10.2. The molecule has 0 heterocycles. The number of carbonyl (C=O) groups is 1. The Morgan fingerprint density at radius 3 is 2.31 bits per heavy atom. The highest BCUT2D eigenvalue weighted by molar-refractivity contribution is 5.93. The second-order valence-electron chi connectivity index (χ2n) is 2.24. The van der Waals surface area contributed by atoms with E-state index in [1.54, 1.807) is 0 Å². The van der Waals surface area contributed by atoms with E-state index in [4.69, 9.17) is 21.1 Å². The number of amides is 1. The monoisotopic (exact) mass is 190 g/mol. The third-order valence-electron chi connectivity index (χ3n) is 1.46. The Labute approximate surface area is 75.9 Å². The van der Waals surface area contributed by atoms with E-state index in [0.717, 1.165) is 4.90 Å². The molecule has 6 heteroatoms. The highest BCUT2D eigenvalue weighted by Crippen LogP contribution is 1.99. The van der Waals surface area contributed by atoms with Crippen LogP contribution in [0.15, 0.2) is 11.6 Å². The molecule has 0 rings (SSSR count). The van der Waals surface area contributed by atoms with Gasteiger partial charge < -0.3 is 26.0 Å². The summed E-state index contributed by atoms with van der Waals surface area (Å²) < 4.78 is 0. The molecule has 0 aliphatic rings. The van der Waals surface area contributed by atoms with Crippen LogP contribution in [0.25, 0.3) is 0 Å². The van der Waals surface area contributed by atoms with Gasteiger partial charge in [0.15, 0.2) is 0 Å². The van der Waals surface area contributed by atoms with Gasteiger partial charge in [0.1, 0.15) is 6.73 Å². The van der Waals surface area contributed by atoms with Crippen molar-refractivity contribution in [2.45, 2.75) is 0 Å². The number of rotatable bonds is 5. The van der Waals surface area contributed by atoms with E-state index in [1.807, 2.05) is 0 Å². The zero-order chi connectivity index (χ0) is 10.3. The maximum Gasteiger partial charge on any atom is 0.254 e. The van der Waals surface area contributed by atoms with Crippen molar-refractivity contribution in [2.24, 2.45) is 5.73 Å². The standard InChI is InChI=1S/C7H14N2O4/c8-4-9(5-12)7(13)6(3-11)1-2-10/h1,10-12H,2-5,8H2. The molecule has 0 atom stereocenters. The first-order valence-corrected chi connectivity index (χ1v) is 3.72. The molecule has 13 heavy (non-hydrogen) atoms. The second-order valence-corrected chi connectivity index (χ2v) is 2.24. The fraction of sp³-hybridized carbons (Fsp3) is 0.571. The smallest absolute Gasteiger partial charge is 0.254 e. The molecule has 6 nitrogen and oxygen atoms in total. The van der Waals surface area contributed by atoms with Crippen LogP contribution < -0.4 is 5.73 Å². The third kappa shape index (κ3) is 3.51. The van der Waals surface area contributed by atoms with Gasteiger partial charge in [-0.2, -0.15) is 0 Å². The van der Waals surface area contributed by atoms with E-state index in [-0.39, 0.29) is 18.8 Å². The molecule has 0 radical (unpaired) electrons. The third-order valence-corrected chi connectivity index (χ3v) is 1.46. The molecule has 0 aromatic rings. The first-order valence-electron chi connectivity index (χ1n) is 3.72. The van der Waals surface area contributed by atoms with Crippen LogP contribution in [-0.2, 0) is 4.79 Å². The zero-order valence-electron chi connectivity index (χ0n) is 7.18. The largest absolute Gasteiger partial charge is 0.392 e. The van der Waals surface area contributed by atoms with Crippen LogP contribution >= 0.6 is 0 Å². The molecule has 1 amide bonds. The summed E-state index contributed by atoms with van der Waals surface area (Å²) in [6, 6.07) is 0. The van der Waals surface area contributed by atoms with Crippen molar-refractivity contribution in [3.8, 4) is 0 Å². The highest BCUT2D eigenvalue weighted by Gasteiger charge is 2.14. The number of hydrogen-bond acceptors (Lipinski definition) is 5. The molecule has 0 bridgehead atoms. The first kappa shape index (κ1) is 12.0. The van der Waals surface area contributed by atoms with Gasteiger partial charge in [-0.3, -0.25) is 4.79 Å². The van der Waals surface area contributed by atoms with Crippen molar-refractivity contribution in [1.82, 2.24) is 4.90 Å². The average molecular weight is 190 g/mol. The Balaban J connectivity index is 4.44. The van der Waals surface area contributed by atoms with Crippen LogP contribution in [0.4, 0.5) is 0 Å². The molecule has 0 aromatic carbocycles. The van der Waals surface area contributed by atoms with Gasteiger partial charge in [0, 0.05) is 5.57 Å². The Kier molecular flexibility index (Phi) is 6.07. The topological polar surface area (TPSA) is 107 Å². The lowest BCUT2D eigenvalue weighted by molar-refractivity contribution is -0.131. The molecular formula is C7H14N2O4. The van der Waals surface area contributed by atoms with E-state index < -0.39 is 19.2 Å². The van der Waals surface area contributed by atoms with Crippen LogP contribution in [0.2, 0.25) is 0 Å². The molecule has 0 aliphatic carbocycles. The molecule has 76 valence electrons. The molecular weight excluding hydrogens is 176 g/mol. The Morgan fingerprint density at radius 2 is 2.00 bits per heavy atom. The van der Waals surface area contributed by atoms with Crippen LogP contribution in [-0.4, -0.2) is 52.7 Å². The summed E-state index contributed by atoms with van der Waals surface area (Å²) in [5.74, 6) is -0.582. The minimum absolute atomic E-state index is 0.0157. The normalized spacial score (nSPS) is 11.5. The molecule has 0 fully saturated rings. The van der Waals surface area contributed by atoms with Crippen LogP contribution in [0.1, 0.15) is 0 Å². The summed E-state index contributed by atoms with van der Waals surface area (Å²) in [4.78, 5) is 12.2. The van der Waals surface area contributed by atoms with Crippen molar-refractivity contribution < 1.29 is 20.1 Å². The molecule has 0 saturated heterocycles. The van der Waals surface area contributed by atoms with Crippen molar-refractivity contribution in [3.05, 3.63) is 11.6 Å². The van der Waals surface area contributed by atoms with Gasteiger partial charge in [-0.25, -0.2) is 0 Å². The van der Waals surface area contributed by atoms with Gasteiger partial charge >= 0.3 is 0 Å². The van der Waals surface area contributed by atoms with Gasteiger partial charge in [0.2, 0.25) is 0 Å². The lowest BCUT2D eigenvalue weighted by Crippen LogP contribution is -2.38. The Hall–Kier alpha value is -0.950. The number of nitrogens with zero attached hydrogens (tertiary/aromatic N) is 1. The summed E-state index contributed by atoms with van der Waals surface area (Å²) in [5.41, 5.74) is 5.16. The van der Waals surface area contributed by atoms with Crippen LogP contribution in [0, 0.1) is 0 Å². The van der Waals surface area contributed by atoms with Crippen molar-refractivity contribution in [3.63, 3.8) is 0 Å². The zero-order valence-corrected chi connectivity index (χ0v) is 7.18. The molecule has 0 aliphatic heterocycles. The minimum atomic E-state index is -0.582. The van der Waals surface area contributed by atoms with Crippen LogP contribution in [0.5, 0.6) is 0 Å². The predicted molar refractivity (Wildman–Crippen MR) is 45.2 cm³/mol. The first-order chi connectivity index (χ1) is 6.21. The van der Waals surface area contributed by atoms with E-state index >= 15 is 0 Å². The number of nitrogens with two attached hydrogens (primary N) is 1. The summed E-state index contributed by atoms with van der Waals surface area (Å²) in [6.45, 7) is -1.49. The quantitative estimate of drug-likeness (QED) is 0.285. The Morgan fingerprint density at radius 1 is 1.38 bits per heavy atom. The van der Waals surface area contributed by atoms with Gasteiger partial charge in [-0.05, 0) is 6.08 Å². The predicted octanol–water partition coefficient (Wildman–Crippen LogP) is -2.41. The molecule has 0 spiro atoms. The fourth-order valence-electron chi connectivity index (χ4n) is 0.738. The van der Waals surface area contributed by atoms with Crippen molar-refractivity contribution in [1.29, 1.82) is 0 Å². The fourth-order valence-corrected chi connectivity index (χ4v) is 0.738. The minimum Gasteiger partial charge on any atom is -0.392 e. The summed E-state index contributed by atoms with van der Waals surface area (Å²) in [5, 5.41) is 25.9. The molecule has 0 unspecified atom stereocenters. The summed E-state index contributed by atoms with van der Waals surface area (Å²) in [6.07, 6.45) is 1.17. The van der Waals surface area contributed by atoms with Gasteiger partial charge in [0.25, 0.3) is 5.91 Å². The number of aliphatic hydroxyl groups excluding tert-OH is 3. The van der Waals surface area contributed by atoms with E-state index in [0.29, 0.717) is 0 Å². The Bertz CT molecular complexity index is 189. The number of carbonyl (C=O) groups excluding carboxylic acids is 1. The average Bonchev–Trinajstić information content (AvgIpc) is 2.15. The summed E-state index contributed by atoms with van der Waals surface area (Å²) >= 11 is 0. The highest BCUT2D eigenvalue weighted by atomic mass is 16.3. The number of aliphatic hydroxyl groups is 3. The SMILES string of the molecule is NCN(CO)C(=O)C(=CCO)CO. The molecule has 0 aromatic heterocycles. The van der Waals surface area contributed by atoms with Crippen LogP contribution in [0.3, 0.4) is 0 Å². The van der Waals surface area contributed by atoms with E-state index in [9.17, 15) is 4.79 Å². The van der Waals surface area contributed by atoms with Crippen molar-refractivity contribution in [2.75, 3.05) is 26.6 Å². The molecule has 0 saturated carbocycles. The number of hydrogen-bond donors (Lipinski definition) is 4. The van der Waals surface area contributed by atoms with Gasteiger partial charge in [-0.1, -0.05) is 0 Å². The maximum absolute atomic E-state index is 11.3. The van der Waals surface area contributed by atoms with Crippen molar-refractivity contribution >= 4 is 5.91 Å². The van der Waals surface area contributed by atoms with E-state index in [2.05, 4.69) is 0 Å². The van der Waals surface area contributed by atoms with Gasteiger partial charge in [0.05, 0.1) is 19.9 Å². The van der Waals surface area contributed by atoms with Gasteiger partial charge in [-0.15, -0.1) is 0 Å².